The molecule has 0 bridgehead atoms. The van der Waals surface area contributed by atoms with Crippen molar-refractivity contribution < 1.29 is 27.3 Å². The Bertz CT molecular complexity index is 959. The predicted octanol–water partition coefficient (Wildman–Crippen LogP) is 1.20. The largest absolute Gasteiger partial charge is 0.633 e. The highest BCUT2D eigenvalue weighted by atomic mass is 32.2. The number of aryl methyl sites for hydroxylation is 2. The van der Waals surface area contributed by atoms with Crippen LogP contribution in [0.5, 0.6) is 5.75 Å². The van der Waals surface area contributed by atoms with E-state index in [-0.39, 0.29) is 35.2 Å². The number of likely N-dealkylation sites (tertiary alicyclic amines) is 1. The van der Waals surface area contributed by atoms with Crippen LogP contribution in [0.1, 0.15) is 24.0 Å². The minimum absolute atomic E-state index is 0.0656. The Hall–Kier alpha value is -1.76. The third kappa shape index (κ3) is 6.93. The van der Waals surface area contributed by atoms with Gasteiger partial charge < -0.3 is 24.2 Å². The normalized spacial score (nSPS) is 24.1. The summed E-state index contributed by atoms with van der Waals surface area (Å²) in [7, 11) is 1.11. The minimum atomic E-state index is -3.69. The number of piperazine rings is 1. The highest BCUT2D eigenvalue weighted by Gasteiger charge is 2.31. The van der Waals surface area contributed by atoms with E-state index in [4.69, 9.17) is 9.47 Å². The minimum Gasteiger partial charge on any atom is -0.633 e. The van der Waals surface area contributed by atoms with Crippen molar-refractivity contribution in [3.8, 4) is 5.75 Å². The number of likely N-dealkylation sites (N-methyl/N-ethyl adjacent to an activating group) is 1. The van der Waals surface area contributed by atoms with Crippen LogP contribution in [0.25, 0.3) is 0 Å². The topological polar surface area (TPSA) is 102 Å². The fraction of sp³-hybridized carbons (Fsp3) is 0.708. The van der Waals surface area contributed by atoms with Crippen molar-refractivity contribution in [1.82, 2.24) is 14.1 Å². The molecule has 0 spiro atoms. The Morgan fingerprint density at radius 2 is 1.71 bits per heavy atom. The Balaban J connectivity index is 1.41. The lowest BCUT2D eigenvalue weighted by molar-refractivity contribution is -0.866. The van der Waals surface area contributed by atoms with Gasteiger partial charge in [-0.2, -0.15) is 4.31 Å². The third-order valence-corrected chi connectivity index (χ3v) is 9.33. The average Bonchev–Trinajstić information content (AvgIpc) is 2.81. The molecule has 1 aromatic carbocycles. The maximum atomic E-state index is 13.1. The standard InChI is InChI=1S/C24H40N4O6S/c1-19-16-22(33-5)17-20(2)24(19)35(31,32)25(3)12-15-34-18-23(29)27-10-8-26(9-11-27)21-6-13-28(4,30)14-7-21/h16-17,21H,6-15,18H2,1-5H3. The number of nitrogens with zero attached hydrogens (tertiary/aromatic N) is 4. The lowest BCUT2D eigenvalue weighted by atomic mass is 10.0. The second-order valence-electron chi connectivity index (χ2n) is 9.86. The Morgan fingerprint density at radius 1 is 1.14 bits per heavy atom. The summed E-state index contributed by atoms with van der Waals surface area (Å²) in [5.74, 6) is 0.539. The Morgan fingerprint density at radius 3 is 2.26 bits per heavy atom. The van der Waals surface area contributed by atoms with Crippen molar-refractivity contribution in [3.05, 3.63) is 28.5 Å². The zero-order chi connectivity index (χ0) is 25.8. The van der Waals surface area contributed by atoms with Crippen LogP contribution in [0.15, 0.2) is 17.0 Å². The van der Waals surface area contributed by atoms with Gasteiger partial charge in [0.1, 0.15) is 12.4 Å². The molecule has 2 heterocycles. The zero-order valence-electron chi connectivity index (χ0n) is 21.7. The molecule has 0 unspecified atom stereocenters. The number of carbonyl (C=O) groups excluding carboxylic acids is 1. The molecule has 0 aliphatic carbocycles. The number of carbonyl (C=O) groups is 1. The van der Waals surface area contributed by atoms with Gasteiger partial charge in [-0.25, -0.2) is 8.42 Å². The monoisotopic (exact) mass is 512 g/mol. The number of benzene rings is 1. The van der Waals surface area contributed by atoms with Crippen LogP contribution in [-0.2, 0) is 19.6 Å². The molecule has 11 heteroatoms. The second-order valence-corrected chi connectivity index (χ2v) is 11.8. The van der Waals surface area contributed by atoms with Crippen LogP contribution in [-0.4, -0.2) is 119 Å². The van der Waals surface area contributed by atoms with E-state index >= 15 is 0 Å². The summed E-state index contributed by atoms with van der Waals surface area (Å²) < 4.78 is 38.0. The van der Waals surface area contributed by atoms with E-state index < -0.39 is 10.0 Å². The van der Waals surface area contributed by atoms with E-state index in [1.165, 1.54) is 11.4 Å². The number of rotatable bonds is 9. The number of hydrogen-bond donors (Lipinski definition) is 0. The molecular formula is C24H40N4O6S. The molecule has 3 rings (SSSR count). The van der Waals surface area contributed by atoms with Crippen LogP contribution in [0.4, 0.5) is 0 Å². The predicted molar refractivity (Wildman–Crippen MR) is 134 cm³/mol. The van der Waals surface area contributed by atoms with E-state index in [0.29, 0.717) is 49.1 Å². The molecule has 35 heavy (non-hydrogen) atoms. The first-order valence-corrected chi connectivity index (χ1v) is 13.7. The highest BCUT2D eigenvalue weighted by molar-refractivity contribution is 7.89. The molecular weight excluding hydrogens is 472 g/mol. The molecule has 2 saturated heterocycles. The molecule has 2 fully saturated rings. The summed E-state index contributed by atoms with van der Waals surface area (Å²) in [6.07, 6.45) is 1.81. The summed E-state index contributed by atoms with van der Waals surface area (Å²) >= 11 is 0. The first-order chi connectivity index (χ1) is 16.4. The molecule has 0 aromatic heterocycles. The van der Waals surface area contributed by atoms with Crippen molar-refractivity contribution >= 4 is 15.9 Å². The van der Waals surface area contributed by atoms with E-state index in [1.54, 1.807) is 45.0 Å². The van der Waals surface area contributed by atoms with Gasteiger partial charge in [-0.1, -0.05) is 0 Å². The van der Waals surface area contributed by atoms with Crippen molar-refractivity contribution in [2.45, 2.75) is 37.6 Å². The van der Waals surface area contributed by atoms with Gasteiger partial charge in [0, 0.05) is 58.7 Å². The molecule has 0 N–H and O–H groups in total. The van der Waals surface area contributed by atoms with Crippen molar-refractivity contribution in [2.24, 2.45) is 0 Å². The van der Waals surface area contributed by atoms with E-state index in [2.05, 4.69) is 4.90 Å². The molecule has 0 saturated carbocycles. The molecule has 2 aliphatic rings. The van der Waals surface area contributed by atoms with Crippen molar-refractivity contribution in [2.75, 3.05) is 80.2 Å². The number of piperidine rings is 1. The molecule has 0 atom stereocenters. The highest BCUT2D eigenvalue weighted by Crippen LogP contribution is 2.27. The summed E-state index contributed by atoms with van der Waals surface area (Å²) in [6.45, 7) is 7.92. The summed E-state index contributed by atoms with van der Waals surface area (Å²) in [5, 5.41) is 12.1. The van der Waals surface area contributed by atoms with Gasteiger partial charge in [0.2, 0.25) is 15.9 Å². The molecule has 10 nitrogen and oxygen atoms in total. The van der Waals surface area contributed by atoms with Crippen LogP contribution in [0.3, 0.4) is 0 Å². The van der Waals surface area contributed by atoms with E-state index in [0.717, 1.165) is 25.9 Å². The second kappa shape index (κ2) is 11.5. The van der Waals surface area contributed by atoms with Gasteiger partial charge >= 0.3 is 0 Å². The molecule has 0 radical (unpaired) electrons. The van der Waals surface area contributed by atoms with Gasteiger partial charge in [0.15, 0.2) is 0 Å². The van der Waals surface area contributed by atoms with Gasteiger partial charge in [-0.15, -0.1) is 0 Å². The van der Waals surface area contributed by atoms with Crippen molar-refractivity contribution in [3.63, 3.8) is 0 Å². The molecule has 198 valence electrons. The smallest absolute Gasteiger partial charge is 0.248 e. The fourth-order valence-electron chi connectivity index (χ4n) is 4.96. The van der Waals surface area contributed by atoms with Crippen LogP contribution in [0.2, 0.25) is 0 Å². The van der Waals surface area contributed by atoms with Crippen LogP contribution in [0, 0.1) is 19.1 Å². The van der Waals surface area contributed by atoms with E-state index in [1.807, 2.05) is 0 Å². The Kier molecular flexibility index (Phi) is 9.16. The van der Waals surface area contributed by atoms with Crippen molar-refractivity contribution in [1.29, 1.82) is 0 Å². The quantitative estimate of drug-likeness (QED) is 0.278. The van der Waals surface area contributed by atoms with E-state index in [9.17, 15) is 18.4 Å². The van der Waals surface area contributed by atoms with Gasteiger partial charge in [-0.3, -0.25) is 9.69 Å². The maximum absolute atomic E-state index is 13.1. The van der Waals surface area contributed by atoms with Gasteiger partial charge in [0.05, 0.1) is 38.7 Å². The number of hydrogen-bond acceptors (Lipinski definition) is 7. The Labute approximate surface area is 209 Å². The first-order valence-electron chi connectivity index (χ1n) is 12.2. The number of amides is 1. The van der Waals surface area contributed by atoms with Crippen LogP contribution >= 0.6 is 0 Å². The van der Waals surface area contributed by atoms with Crippen LogP contribution < -0.4 is 4.74 Å². The zero-order valence-corrected chi connectivity index (χ0v) is 22.5. The van der Waals surface area contributed by atoms with Gasteiger partial charge in [0.25, 0.3) is 0 Å². The average molecular weight is 513 g/mol. The number of methoxy groups -OCH3 is 1. The number of ether oxygens (including phenoxy) is 2. The fourth-order valence-corrected chi connectivity index (χ4v) is 6.52. The third-order valence-electron chi connectivity index (χ3n) is 7.17. The molecule has 1 aromatic rings. The number of hydroxylamine groups is 3. The summed E-state index contributed by atoms with van der Waals surface area (Å²) in [6, 6.07) is 3.84. The number of sulfonamides is 1. The number of quaternary nitrogens is 1. The lowest BCUT2D eigenvalue weighted by Gasteiger charge is -2.48. The van der Waals surface area contributed by atoms with Gasteiger partial charge in [-0.05, 0) is 37.1 Å². The molecule has 2 aliphatic heterocycles. The summed E-state index contributed by atoms with van der Waals surface area (Å²) in [5.41, 5.74) is 1.25. The lowest BCUT2D eigenvalue weighted by Crippen LogP contribution is -2.56. The SMILES string of the molecule is COc1cc(C)c(S(=O)(=O)N(C)CCOCC(=O)N2CCN(C3CC[N+](C)([O-])CC3)CC2)c(C)c1. The first kappa shape index (κ1) is 27.8. The maximum Gasteiger partial charge on any atom is 0.248 e. The molecule has 1 amide bonds. The summed E-state index contributed by atoms with van der Waals surface area (Å²) in [4.78, 5) is 17.0.